The minimum absolute atomic E-state index is 0.109. The summed E-state index contributed by atoms with van der Waals surface area (Å²) in [4.78, 5) is 32.3. The Morgan fingerprint density at radius 3 is 2.70 bits per heavy atom. The second kappa shape index (κ2) is 7.71. The van der Waals surface area contributed by atoms with Crippen LogP contribution in [0.4, 0.5) is 29.0 Å². The molecule has 0 spiro atoms. The van der Waals surface area contributed by atoms with Crippen LogP contribution in [0.25, 0.3) is 0 Å². The predicted octanol–water partition coefficient (Wildman–Crippen LogP) is 1.91. The normalized spacial score (nSPS) is 22.0. The van der Waals surface area contributed by atoms with Gasteiger partial charge in [0.2, 0.25) is 11.9 Å². The molecule has 158 valence electrons. The topological polar surface area (TPSA) is 97.7 Å². The number of anilines is 5. The fourth-order valence-electron chi connectivity index (χ4n) is 4.56. The van der Waals surface area contributed by atoms with E-state index >= 15 is 0 Å². The van der Waals surface area contributed by atoms with E-state index in [-0.39, 0.29) is 18.1 Å². The smallest absolute Gasteiger partial charge is 0.230 e. The van der Waals surface area contributed by atoms with E-state index in [2.05, 4.69) is 25.1 Å². The Hall–Kier alpha value is -2.94. The lowest BCUT2D eigenvalue weighted by atomic mass is 10.1. The summed E-state index contributed by atoms with van der Waals surface area (Å²) < 4.78 is 0. The van der Waals surface area contributed by atoms with Crippen molar-refractivity contribution in [2.75, 3.05) is 46.7 Å². The van der Waals surface area contributed by atoms with Gasteiger partial charge in [0.25, 0.3) is 0 Å². The zero-order chi connectivity index (χ0) is 20.7. The van der Waals surface area contributed by atoms with Crippen LogP contribution in [0.5, 0.6) is 0 Å². The molecule has 0 bridgehead atoms. The third kappa shape index (κ3) is 3.54. The molecule has 9 nitrogen and oxygen atoms in total. The molecular formula is C21H27N7O2. The molecule has 2 fully saturated rings. The summed E-state index contributed by atoms with van der Waals surface area (Å²) in [6, 6.07) is 4.16. The Bertz CT molecular complexity index is 927. The van der Waals surface area contributed by atoms with Gasteiger partial charge in [-0.3, -0.25) is 4.79 Å². The number of pyridine rings is 1. The number of rotatable bonds is 3. The number of aliphatic hydroxyl groups excluding tert-OH is 1. The Balaban J connectivity index is 1.35. The average Bonchev–Trinajstić information content (AvgIpc) is 3.19. The molecular weight excluding hydrogens is 382 g/mol. The largest absolute Gasteiger partial charge is 0.393 e. The second-order valence-corrected chi connectivity index (χ2v) is 8.29. The van der Waals surface area contributed by atoms with Crippen LogP contribution < -0.4 is 20.0 Å². The van der Waals surface area contributed by atoms with Gasteiger partial charge < -0.3 is 25.1 Å². The van der Waals surface area contributed by atoms with Gasteiger partial charge in [0.1, 0.15) is 11.5 Å². The fraction of sp³-hybridized carbons (Fsp3) is 0.524. The summed E-state index contributed by atoms with van der Waals surface area (Å²) in [6.07, 6.45) is 7.56. The number of carbonyl (C=O) groups is 1. The van der Waals surface area contributed by atoms with Crippen molar-refractivity contribution < 1.29 is 9.90 Å². The molecule has 5 heterocycles. The summed E-state index contributed by atoms with van der Waals surface area (Å²) in [7, 11) is 1.79. The molecule has 30 heavy (non-hydrogen) atoms. The van der Waals surface area contributed by atoms with E-state index in [1.807, 2.05) is 18.3 Å². The lowest BCUT2D eigenvalue weighted by molar-refractivity contribution is -0.118. The summed E-state index contributed by atoms with van der Waals surface area (Å²) in [6.45, 7) is 2.59. The standard InChI is InChI=1S/C21H27N7O2/c1-26-17-13-23-21(25-20(17)28-8-2-3-14(28)11-19(26)30)24-18-5-4-15(12-22-18)27-9-6-16(29)7-10-27/h4-5,12-14,16,29H,2-3,6-11H2,1H3,(H,22,23,24,25). The van der Waals surface area contributed by atoms with Crippen molar-refractivity contribution in [3.63, 3.8) is 0 Å². The van der Waals surface area contributed by atoms with Gasteiger partial charge in [0, 0.05) is 39.1 Å². The molecule has 1 atom stereocenters. The monoisotopic (exact) mass is 409 g/mol. The zero-order valence-electron chi connectivity index (χ0n) is 17.2. The summed E-state index contributed by atoms with van der Waals surface area (Å²) in [5.74, 6) is 2.07. The molecule has 1 unspecified atom stereocenters. The molecule has 2 N–H and O–H groups in total. The molecule has 2 aromatic rings. The number of aliphatic hydroxyl groups is 1. The Kier molecular flexibility index (Phi) is 4.90. The first-order valence-electron chi connectivity index (χ1n) is 10.6. The minimum Gasteiger partial charge on any atom is -0.393 e. The van der Waals surface area contributed by atoms with Crippen LogP contribution >= 0.6 is 0 Å². The molecule has 9 heteroatoms. The Labute approximate surface area is 175 Å². The van der Waals surface area contributed by atoms with E-state index in [1.165, 1.54) is 0 Å². The first-order valence-corrected chi connectivity index (χ1v) is 10.6. The number of fused-ring (bicyclic) bond motifs is 3. The highest BCUT2D eigenvalue weighted by Gasteiger charge is 2.35. The van der Waals surface area contributed by atoms with Crippen molar-refractivity contribution >= 4 is 34.9 Å². The number of nitrogens with zero attached hydrogens (tertiary/aromatic N) is 6. The van der Waals surface area contributed by atoms with E-state index in [1.54, 1.807) is 18.1 Å². The number of piperidine rings is 1. The second-order valence-electron chi connectivity index (χ2n) is 8.29. The van der Waals surface area contributed by atoms with Gasteiger partial charge in [0.05, 0.1) is 24.2 Å². The number of hydrogen-bond acceptors (Lipinski definition) is 8. The molecule has 3 aliphatic heterocycles. The van der Waals surface area contributed by atoms with Crippen LogP contribution in [0.1, 0.15) is 32.1 Å². The van der Waals surface area contributed by atoms with Gasteiger partial charge in [-0.15, -0.1) is 0 Å². The third-order valence-electron chi connectivity index (χ3n) is 6.36. The maximum Gasteiger partial charge on any atom is 0.230 e. The van der Waals surface area contributed by atoms with Crippen molar-refractivity contribution in [3.8, 4) is 0 Å². The van der Waals surface area contributed by atoms with E-state index in [0.29, 0.717) is 18.2 Å². The first-order chi connectivity index (χ1) is 14.6. The molecule has 5 rings (SSSR count). The first kappa shape index (κ1) is 19.0. The van der Waals surface area contributed by atoms with Gasteiger partial charge in [-0.05, 0) is 37.8 Å². The van der Waals surface area contributed by atoms with Crippen molar-refractivity contribution in [1.82, 2.24) is 15.0 Å². The Morgan fingerprint density at radius 2 is 1.93 bits per heavy atom. The lowest BCUT2D eigenvalue weighted by Crippen LogP contribution is -2.35. The molecule has 0 radical (unpaired) electrons. The number of carbonyl (C=O) groups excluding carboxylic acids is 1. The molecule has 2 saturated heterocycles. The maximum absolute atomic E-state index is 12.5. The minimum atomic E-state index is -0.190. The molecule has 0 aromatic carbocycles. The van der Waals surface area contributed by atoms with Crippen LogP contribution in [0.15, 0.2) is 24.5 Å². The highest BCUT2D eigenvalue weighted by Crippen LogP contribution is 2.37. The summed E-state index contributed by atoms with van der Waals surface area (Å²) >= 11 is 0. The van der Waals surface area contributed by atoms with Crippen molar-refractivity contribution in [2.45, 2.75) is 44.2 Å². The van der Waals surface area contributed by atoms with Gasteiger partial charge in [-0.1, -0.05) is 0 Å². The van der Waals surface area contributed by atoms with Crippen LogP contribution in [0.2, 0.25) is 0 Å². The van der Waals surface area contributed by atoms with E-state index in [0.717, 1.165) is 62.5 Å². The number of nitrogens with one attached hydrogen (secondary N) is 1. The predicted molar refractivity (Wildman–Crippen MR) is 115 cm³/mol. The van der Waals surface area contributed by atoms with Crippen LogP contribution in [-0.4, -0.2) is 64.8 Å². The van der Waals surface area contributed by atoms with E-state index < -0.39 is 0 Å². The van der Waals surface area contributed by atoms with Gasteiger partial charge in [-0.2, -0.15) is 4.98 Å². The van der Waals surface area contributed by atoms with Gasteiger partial charge in [-0.25, -0.2) is 9.97 Å². The molecule has 2 aromatic heterocycles. The molecule has 1 amide bonds. The highest BCUT2D eigenvalue weighted by atomic mass is 16.3. The molecule has 0 saturated carbocycles. The van der Waals surface area contributed by atoms with Crippen molar-refractivity contribution in [3.05, 3.63) is 24.5 Å². The molecule has 0 aliphatic carbocycles. The van der Waals surface area contributed by atoms with Crippen molar-refractivity contribution in [1.29, 1.82) is 0 Å². The van der Waals surface area contributed by atoms with Crippen molar-refractivity contribution in [2.24, 2.45) is 0 Å². The van der Waals surface area contributed by atoms with Gasteiger partial charge in [0.15, 0.2) is 5.82 Å². The number of amides is 1. The Morgan fingerprint density at radius 1 is 1.10 bits per heavy atom. The quantitative estimate of drug-likeness (QED) is 0.794. The fourth-order valence-corrected chi connectivity index (χ4v) is 4.56. The lowest BCUT2D eigenvalue weighted by Gasteiger charge is -2.31. The van der Waals surface area contributed by atoms with Crippen LogP contribution in [0.3, 0.4) is 0 Å². The SMILES string of the molecule is CN1C(=O)CC2CCCN2c2nc(Nc3ccc(N4CCC(O)CC4)cn3)ncc21. The number of hydrogen-bond donors (Lipinski definition) is 2. The van der Waals surface area contributed by atoms with Crippen LogP contribution in [0, 0.1) is 0 Å². The summed E-state index contributed by atoms with van der Waals surface area (Å²) in [5.41, 5.74) is 1.81. The number of aromatic nitrogens is 3. The molecule has 3 aliphatic rings. The van der Waals surface area contributed by atoms with E-state index in [9.17, 15) is 9.90 Å². The average molecular weight is 409 g/mol. The van der Waals surface area contributed by atoms with E-state index in [4.69, 9.17) is 4.98 Å². The highest BCUT2D eigenvalue weighted by molar-refractivity contribution is 5.97. The summed E-state index contributed by atoms with van der Waals surface area (Å²) in [5, 5.41) is 12.9. The maximum atomic E-state index is 12.5. The van der Waals surface area contributed by atoms with Crippen LogP contribution in [-0.2, 0) is 4.79 Å². The van der Waals surface area contributed by atoms with Gasteiger partial charge >= 0.3 is 0 Å². The zero-order valence-corrected chi connectivity index (χ0v) is 17.2. The third-order valence-corrected chi connectivity index (χ3v) is 6.36.